The predicted molar refractivity (Wildman–Crippen MR) is 384 cm³/mol. The molecular weight excluding hydrogens is 1070 g/mol. The monoisotopic (exact) mass is 1220 g/mol. The Morgan fingerprint density at radius 2 is 0.575 bits per heavy atom. The Morgan fingerprint density at radius 3 is 0.885 bits per heavy atom. The van der Waals surface area contributed by atoms with Gasteiger partial charge in [0, 0.05) is 12.8 Å². The van der Waals surface area contributed by atoms with Crippen molar-refractivity contribution in [3.05, 3.63) is 36.5 Å². The largest absolute Gasteiger partial charge is 0.466 e. The van der Waals surface area contributed by atoms with E-state index < -0.39 is 12.1 Å². The maximum absolute atomic E-state index is 12.5. The topological polar surface area (TPSA) is 95.9 Å². The second-order valence-electron chi connectivity index (χ2n) is 27.4. The Kier molecular flexibility index (Phi) is 74.8. The van der Waals surface area contributed by atoms with Crippen LogP contribution in [0, 0.1) is 0 Å². The van der Waals surface area contributed by atoms with Gasteiger partial charge in [-0.05, 0) is 64.2 Å². The molecule has 6 nitrogen and oxygen atoms in total. The molecule has 514 valence electrons. The molecule has 0 spiro atoms. The number of carbonyl (C=O) groups excluding carboxylic acids is 2. The van der Waals surface area contributed by atoms with Gasteiger partial charge in [-0.15, -0.1) is 0 Å². The summed E-state index contributed by atoms with van der Waals surface area (Å²) in [7, 11) is 0. The van der Waals surface area contributed by atoms with Crippen molar-refractivity contribution in [2.45, 2.75) is 456 Å². The molecule has 0 rings (SSSR count). The van der Waals surface area contributed by atoms with Gasteiger partial charge in [-0.1, -0.05) is 403 Å². The van der Waals surface area contributed by atoms with Gasteiger partial charge in [-0.3, -0.25) is 9.59 Å². The first-order valence-electron chi connectivity index (χ1n) is 39.8. The van der Waals surface area contributed by atoms with E-state index in [1.165, 1.54) is 366 Å². The molecule has 0 saturated carbocycles. The smallest absolute Gasteiger partial charge is 0.305 e. The Bertz CT molecular complexity index is 1410. The van der Waals surface area contributed by atoms with Gasteiger partial charge in [-0.2, -0.15) is 0 Å². The fraction of sp³-hybridized carbons (Fsp3) is 0.901. The van der Waals surface area contributed by atoms with Crippen molar-refractivity contribution < 1.29 is 24.5 Å². The van der Waals surface area contributed by atoms with Gasteiger partial charge in [0.1, 0.15) is 0 Å². The maximum Gasteiger partial charge on any atom is 0.305 e. The van der Waals surface area contributed by atoms with Crippen molar-refractivity contribution in [3.8, 4) is 0 Å². The van der Waals surface area contributed by atoms with Crippen molar-refractivity contribution in [2.24, 2.45) is 0 Å². The van der Waals surface area contributed by atoms with E-state index in [0.29, 0.717) is 19.4 Å². The quantitative estimate of drug-likeness (QED) is 0.0320. The molecule has 0 saturated heterocycles. The van der Waals surface area contributed by atoms with Gasteiger partial charge in [-0.25, -0.2) is 0 Å². The predicted octanol–water partition coefficient (Wildman–Crippen LogP) is 26.2. The van der Waals surface area contributed by atoms with E-state index >= 15 is 0 Å². The lowest BCUT2D eigenvalue weighted by atomic mass is 10.0. The van der Waals surface area contributed by atoms with Crippen LogP contribution in [0.25, 0.3) is 0 Å². The molecule has 0 radical (unpaired) electrons. The highest BCUT2D eigenvalue weighted by molar-refractivity contribution is 5.76. The summed E-state index contributed by atoms with van der Waals surface area (Å²) < 4.78 is 5.51. The molecule has 2 unspecified atom stereocenters. The number of carbonyl (C=O) groups is 2. The first kappa shape index (κ1) is 85.1. The molecule has 0 heterocycles. The number of aliphatic hydroxyl groups is 2. The molecule has 0 aromatic heterocycles. The molecule has 0 aromatic carbocycles. The van der Waals surface area contributed by atoms with Crippen LogP contribution in [0.5, 0.6) is 0 Å². The number of esters is 1. The molecular formula is C81H155NO5. The number of allylic oxidation sites excluding steroid dienone is 5. The fourth-order valence-corrected chi connectivity index (χ4v) is 12.6. The van der Waals surface area contributed by atoms with E-state index in [9.17, 15) is 19.8 Å². The number of aliphatic hydroxyl groups excluding tert-OH is 2. The highest BCUT2D eigenvalue weighted by Crippen LogP contribution is 2.20. The van der Waals surface area contributed by atoms with E-state index in [1.807, 2.05) is 6.08 Å². The molecule has 6 heteroatoms. The second kappa shape index (κ2) is 76.5. The lowest BCUT2D eigenvalue weighted by Gasteiger charge is -2.20. The fourth-order valence-electron chi connectivity index (χ4n) is 12.6. The van der Waals surface area contributed by atoms with Gasteiger partial charge in [0.15, 0.2) is 0 Å². The highest BCUT2D eigenvalue weighted by atomic mass is 16.5. The van der Waals surface area contributed by atoms with Crippen LogP contribution in [0.15, 0.2) is 36.5 Å². The lowest BCUT2D eigenvalue weighted by Crippen LogP contribution is -2.45. The van der Waals surface area contributed by atoms with Crippen molar-refractivity contribution in [1.29, 1.82) is 0 Å². The molecule has 0 aliphatic heterocycles. The van der Waals surface area contributed by atoms with E-state index in [0.717, 1.165) is 51.4 Å². The van der Waals surface area contributed by atoms with Crippen LogP contribution in [0.2, 0.25) is 0 Å². The zero-order valence-corrected chi connectivity index (χ0v) is 59.0. The molecule has 87 heavy (non-hydrogen) atoms. The molecule has 0 bridgehead atoms. The van der Waals surface area contributed by atoms with Crippen LogP contribution in [-0.4, -0.2) is 47.4 Å². The molecule has 1 amide bonds. The van der Waals surface area contributed by atoms with E-state index in [1.54, 1.807) is 6.08 Å². The summed E-state index contributed by atoms with van der Waals surface area (Å²) in [5.41, 5.74) is 0. The number of nitrogens with one attached hydrogen (secondary N) is 1. The normalized spacial score (nSPS) is 12.6. The van der Waals surface area contributed by atoms with Crippen molar-refractivity contribution in [1.82, 2.24) is 5.32 Å². The zero-order chi connectivity index (χ0) is 62.8. The van der Waals surface area contributed by atoms with Crippen LogP contribution >= 0.6 is 0 Å². The van der Waals surface area contributed by atoms with Crippen LogP contribution in [0.3, 0.4) is 0 Å². The molecule has 2 atom stereocenters. The molecule has 0 fully saturated rings. The summed E-state index contributed by atoms with van der Waals surface area (Å²) in [6, 6.07) is -0.622. The number of ether oxygens (including phenoxy) is 1. The third kappa shape index (κ3) is 73.0. The van der Waals surface area contributed by atoms with Crippen molar-refractivity contribution in [2.75, 3.05) is 13.2 Å². The summed E-state index contributed by atoms with van der Waals surface area (Å²) in [5, 5.41) is 23.1. The maximum atomic E-state index is 12.5. The second-order valence-corrected chi connectivity index (χ2v) is 27.4. The molecule has 3 N–H and O–H groups in total. The van der Waals surface area contributed by atoms with E-state index in [4.69, 9.17) is 4.74 Å². The van der Waals surface area contributed by atoms with Crippen LogP contribution in [0.4, 0.5) is 0 Å². The number of hydrogen-bond acceptors (Lipinski definition) is 5. The lowest BCUT2D eigenvalue weighted by molar-refractivity contribution is -0.143. The first-order chi connectivity index (χ1) is 43.0. The van der Waals surface area contributed by atoms with E-state index in [-0.39, 0.29) is 18.5 Å². The Morgan fingerprint density at radius 1 is 0.322 bits per heavy atom. The van der Waals surface area contributed by atoms with E-state index in [2.05, 4.69) is 43.5 Å². The SMILES string of the molecule is CCCCCC/C=C\C/C=C\CCCCCCCCCC(=O)OCCCCCCCCCCCCCCCCCCCCCCCCCCCCCCCCCCCCCCCCCC(=O)NC(CO)C(O)/C=C/CCCCCCCCCCCCC. The number of unbranched alkanes of at least 4 members (excludes halogenated alkanes) is 60. The molecule has 0 aliphatic rings. The standard InChI is InChI=1S/C81H155NO5/c1-3-5-7-9-11-13-15-17-18-19-44-47-51-55-59-63-67-71-75-81(86)87-76-72-68-64-60-56-52-48-45-42-40-38-36-34-32-30-28-26-24-22-20-21-23-25-27-29-31-33-35-37-39-41-43-46-50-54-58-62-66-70-74-80(85)82-78(77-83)79(84)73-69-65-61-57-53-49-16-14-12-10-8-6-4-2/h13,15,18-19,69,73,78-79,83-84H,3-12,14,16-17,20-68,70-72,74-77H2,1-2H3,(H,82,85)/b15-13-,19-18-,73-69+. The summed E-state index contributed by atoms with van der Waals surface area (Å²) in [6.07, 6.45) is 100.0. The average Bonchev–Trinajstić information content (AvgIpc) is 3.54. The van der Waals surface area contributed by atoms with Crippen LogP contribution in [0.1, 0.15) is 444 Å². The van der Waals surface area contributed by atoms with Crippen LogP contribution in [-0.2, 0) is 14.3 Å². The van der Waals surface area contributed by atoms with Gasteiger partial charge in [0.2, 0.25) is 5.91 Å². The number of amides is 1. The Labute approximate surface area is 544 Å². The van der Waals surface area contributed by atoms with Gasteiger partial charge < -0.3 is 20.3 Å². The van der Waals surface area contributed by atoms with Crippen LogP contribution < -0.4 is 5.32 Å². The Hall–Kier alpha value is -1.92. The van der Waals surface area contributed by atoms with Crippen molar-refractivity contribution in [3.63, 3.8) is 0 Å². The minimum atomic E-state index is -0.839. The van der Waals surface area contributed by atoms with Crippen molar-refractivity contribution >= 4 is 11.9 Å². The number of rotatable bonds is 75. The minimum absolute atomic E-state index is 0.0171. The zero-order valence-electron chi connectivity index (χ0n) is 59.0. The third-order valence-corrected chi connectivity index (χ3v) is 18.7. The summed E-state index contributed by atoms with van der Waals surface area (Å²) in [4.78, 5) is 24.6. The third-order valence-electron chi connectivity index (χ3n) is 18.7. The summed E-state index contributed by atoms with van der Waals surface area (Å²) in [5.74, 6) is -0.0429. The molecule has 0 aromatic rings. The van der Waals surface area contributed by atoms with Gasteiger partial charge in [0.05, 0.1) is 25.4 Å². The highest BCUT2D eigenvalue weighted by Gasteiger charge is 2.18. The average molecular weight is 1220 g/mol. The summed E-state index contributed by atoms with van der Waals surface area (Å²) >= 11 is 0. The minimum Gasteiger partial charge on any atom is -0.466 e. The molecule has 0 aliphatic carbocycles. The Balaban J connectivity index is 3.29. The number of hydrogen-bond donors (Lipinski definition) is 3. The first-order valence-corrected chi connectivity index (χ1v) is 39.8. The van der Waals surface area contributed by atoms with Gasteiger partial charge in [0.25, 0.3) is 0 Å². The van der Waals surface area contributed by atoms with Gasteiger partial charge >= 0.3 is 5.97 Å². The summed E-state index contributed by atoms with van der Waals surface area (Å²) in [6.45, 7) is 4.92.